The second-order valence-corrected chi connectivity index (χ2v) is 7.10. The van der Waals surface area contributed by atoms with E-state index in [1.54, 1.807) is 13.0 Å². The van der Waals surface area contributed by atoms with E-state index < -0.39 is 39.9 Å². The van der Waals surface area contributed by atoms with Gasteiger partial charge < -0.3 is 5.32 Å². The summed E-state index contributed by atoms with van der Waals surface area (Å²) in [5.41, 5.74) is -4.53. The smallest absolute Gasteiger partial charge is 0.342 e. The molecule has 30 heavy (non-hydrogen) atoms. The minimum atomic E-state index is -4.61. The molecular weight excluding hydrogens is 424 g/mol. The molecule has 1 aromatic carbocycles. The summed E-state index contributed by atoms with van der Waals surface area (Å²) in [5, 5.41) is 15.4. The highest BCUT2D eigenvalue weighted by Gasteiger charge is 2.30. The van der Waals surface area contributed by atoms with E-state index >= 15 is 0 Å². The number of nitrogens with zero attached hydrogens (tertiary/aromatic N) is 5. The van der Waals surface area contributed by atoms with Gasteiger partial charge in [0.05, 0.1) is 11.6 Å². The van der Waals surface area contributed by atoms with E-state index in [0.717, 1.165) is 12.1 Å². The fraction of sp³-hybridized carbons (Fsp3) is 0.167. The first-order chi connectivity index (χ1) is 14.2. The van der Waals surface area contributed by atoms with Crippen LogP contribution in [0.1, 0.15) is 34.7 Å². The fourth-order valence-corrected chi connectivity index (χ4v) is 3.16. The van der Waals surface area contributed by atoms with E-state index in [1.165, 1.54) is 23.3 Å². The van der Waals surface area contributed by atoms with E-state index in [-0.39, 0.29) is 11.4 Å². The van der Waals surface area contributed by atoms with Crippen molar-refractivity contribution in [2.24, 2.45) is 0 Å². The predicted octanol–water partition coefficient (Wildman–Crippen LogP) is 3.78. The van der Waals surface area contributed by atoms with Crippen LogP contribution in [-0.2, 0) is 0 Å². The highest BCUT2D eigenvalue weighted by Crippen LogP contribution is 2.37. The third-order valence-electron chi connectivity index (χ3n) is 3.77. The van der Waals surface area contributed by atoms with Gasteiger partial charge in [0.25, 0.3) is 5.91 Å². The molecule has 3 aromatic rings. The molecule has 0 saturated carbocycles. The maximum atomic E-state index is 13.7. The van der Waals surface area contributed by atoms with E-state index in [0.29, 0.717) is 17.4 Å². The molecule has 1 unspecified atom stereocenters. The van der Waals surface area contributed by atoms with Crippen LogP contribution in [0.2, 0.25) is 0 Å². The molecule has 3 rings (SSSR count). The minimum Gasteiger partial charge on any atom is -0.342 e. The van der Waals surface area contributed by atoms with Gasteiger partial charge in [0.2, 0.25) is 0 Å². The molecule has 7 nitrogen and oxygen atoms in total. The van der Waals surface area contributed by atoms with Crippen LogP contribution in [-0.4, -0.2) is 31.2 Å². The van der Waals surface area contributed by atoms with Gasteiger partial charge in [-0.2, -0.15) is 28.2 Å². The van der Waals surface area contributed by atoms with Gasteiger partial charge in [-0.25, -0.2) is 14.4 Å². The first-order valence-corrected chi connectivity index (χ1v) is 9.11. The summed E-state index contributed by atoms with van der Waals surface area (Å²) >= 11 is -0.512. The Bertz CT molecular complexity index is 1110. The van der Waals surface area contributed by atoms with Gasteiger partial charge in [-0.15, -0.1) is 0 Å². The van der Waals surface area contributed by atoms with Crippen molar-refractivity contribution in [3.05, 3.63) is 65.6 Å². The number of carbonyl (C=O) groups is 1. The van der Waals surface area contributed by atoms with Crippen LogP contribution in [0.5, 0.6) is 0 Å². The molecule has 0 aliphatic heterocycles. The van der Waals surface area contributed by atoms with Crippen LogP contribution in [0, 0.1) is 17.1 Å². The van der Waals surface area contributed by atoms with Gasteiger partial charge in [-0.1, -0.05) is 0 Å². The summed E-state index contributed by atoms with van der Waals surface area (Å²) in [6, 6.07) is 6.77. The van der Waals surface area contributed by atoms with Crippen molar-refractivity contribution in [1.82, 2.24) is 25.1 Å². The Morgan fingerprint density at radius 2 is 2.03 bits per heavy atom. The fourth-order valence-electron chi connectivity index (χ4n) is 2.53. The SMILES string of the molecule is CC(NC(=O)c1cc(F)cc(SC(F)(F)F)c1)c1ncnn1-c1ccc(C#N)cn1. The highest BCUT2D eigenvalue weighted by molar-refractivity contribution is 8.00. The molecule has 0 radical (unpaired) electrons. The molecule has 154 valence electrons. The molecule has 0 saturated heterocycles. The first kappa shape index (κ1) is 21.3. The lowest BCUT2D eigenvalue weighted by atomic mass is 10.2. The lowest BCUT2D eigenvalue weighted by molar-refractivity contribution is -0.0328. The number of hydrogen-bond donors (Lipinski definition) is 1. The molecule has 2 heterocycles. The van der Waals surface area contributed by atoms with Crippen molar-refractivity contribution in [2.45, 2.75) is 23.4 Å². The Hall–Kier alpha value is -3.46. The van der Waals surface area contributed by atoms with Crippen LogP contribution in [0.15, 0.2) is 47.8 Å². The number of thioether (sulfide) groups is 1. The van der Waals surface area contributed by atoms with Gasteiger partial charge >= 0.3 is 5.51 Å². The summed E-state index contributed by atoms with van der Waals surface area (Å²) in [5.74, 6) is -1.13. The largest absolute Gasteiger partial charge is 0.446 e. The van der Waals surface area contributed by atoms with E-state index in [4.69, 9.17) is 5.26 Å². The minimum absolute atomic E-state index is 0.267. The van der Waals surface area contributed by atoms with Crippen molar-refractivity contribution < 1.29 is 22.4 Å². The summed E-state index contributed by atoms with van der Waals surface area (Å²) in [4.78, 5) is 20.2. The quantitative estimate of drug-likeness (QED) is 0.483. The molecular formula is C18H12F4N6OS. The summed E-state index contributed by atoms with van der Waals surface area (Å²) in [6.45, 7) is 1.58. The standard InChI is InChI=1S/C18H12F4N6OS/c1-10(16-25-9-26-28(16)15-3-2-11(7-23)8-24-15)27-17(29)12-4-13(19)6-14(5-12)30-18(20,21)22/h2-6,8-10H,1H3,(H,27,29). The van der Waals surface area contributed by atoms with Gasteiger partial charge in [-0.05, 0) is 49.0 Å². The maximum Gasteiger partial charge on any atom is 0.446 e. The number of halogens is 4. The van der Waals surface area contributed by atoms with Crippen molar-refractivity contribution in [3.63, 3.8) is 0 Å². The summed E-state index contributed by atoms with van der Waals surface area (Å²) in [6.07, 6.45) is 2.58. The van der Waals surface area contributed by atoms with E-state index in [1.807, 2.05) is 6.07 Å². The van der Waals surface area contributed by atoms with Crippen LogP contribution in [0.4, 0.5) is 17.6 Å². The summed E-state index contributed by atoms with van der Waals surface area (Å²) in [7, 11) is 0. The van der Waals surface area contributed by atoms with E-state index in [2.05, 4.69) is 20.4 Å². The summed E-state index contributed by atoms with van der Waals surface area (Å²) < 4.78 is 52.7. The molecule has 1 atom stereocenters. The number of aromatic nitrogens is 4. The molecule has 0 bridgehead atoms. The average molecular weight is 436 g/mol. The Morgan fingerprint density at radius 1 is 1.27 bits per heavy atom. The van der Waals surface area contributed by atoms with Crippen molar-refractivity contribution in [1.29, 1.82) is 5.26 Å². The number of rotatable bonds is 5. The second-order valence-electron chi connectivity index (χ2n) is 5.97. The highest BCUT2D eigenvalue weighted by atomic mass is 32.2. The van der Waals surface area contributed by atoms with Crippen LogP contribution in [0.25, 0.3) is 5.82 Å². The van der Waals surface area contributed by atoms with E-state index in [9.17, 15) is 22.4 Å². The molecule has 2 aromatic heterocycles. The molecule has 1 N–H and O–H groups in total. The van der Waals surface area contributed by atoms with Crippen LogP contribution in [0.3, 0.4) is 0 Å². The van der Waals surface area contributed by atoms with Gasteiger partial charge in [0, 0.05) is 16.7 Å². The zero-order chi connectivity index (χ0) is 21.9. The molecule has 12 heteroatoms. The lowest BCUT2D eigenvalue weighted by Gasteiger charge is -2.15. The van der Waals surface area contributed by atoms with Gasteiger partial charge in [-0.3, -0.25) is 4.79 Å². The molecule has 0 aliphatic rings. The lowest BCUT2D eigenvalue weighted by Crippen LogP contribution is -2.29. The molecule has 1 amide bonds. The van der Waals surface area contributed by atoms with Crippen LogP contribution < -0.4 is 5.32 Å². The number of carbonyl (C=O) groups excluding carboxylic acids is 1. The van der Waals surface area contributed by atoms with Crippen molar-refractivity contribution >= 4 is 17.7 Å². The monoisotopic (exact) mass is 436 g/mol. The zero-order valence-corrected chi connectivity index (χ0v) is 16.0. The second kappa shape index (κ2) is 8.50. The zero-order valence-electron chi connectivity index (χ0n) is 15.2. The topological polar surface area (TPSA) is 96.5 Å². The third kappa shape index (κ3) is 5.12. The number of pyridine rings is 1. The number of amides is 1. The number of nitrogens with one attached hydrogen (secondary N) is 1. The third-order valence-corrected chi connectivity index (χ3v) is 4.47. The molecule has 0 spiro atoms. The van der Waals surface area contributed by atoms with Gasteiger partial charge in [0.1, 0.15) is 18.2 Å². The van der Waals surface area contributed by atoms with Crippen LogP contribution >= 0.6 is 11.8 Å². The number of nitriles is 1. The Labute approximate surface area is 171 Å². The normalized spacial score (nSPS) is 12.3. The van der Waals surface area contributed by atoms with Gasteiger partial charge in [0.15, 0.2) is 11.6 Å². The predicted molar refractivity (Wildman–Crippen MR) is 98.1 cm³/mol. The number of hydrogen-bond acceptors (Lipinski definition) is 6. The number of alkyl halides is 3. The Kier molecular flexibility index (Phi) is 6.02. The first-order valence-electron chi connectivity index (χ1n) is 8.30. The maximum absolute atomic E-state index is 13.7. The number of benzene rings is 1. The molecule has 0 fully saturated rings. The average Bonchev–Trinajstić information content (AvgIpc) is 3.16. The van der Waals surface area contributed by atoms with Crippen molar-refractivity contribution in [2.75, 3.05) is 0 Å². The molecule has 0 aliphatic carbocycles. The van der Waals surface area contributed by atoms with Crippen molar-refractivity contribution in [3.8, 4) is 11.9 Å². The Balaban J connectivity index is 1.80. The Morgan fingerprint density at radius 3 is 2.67 bits per heavy atom.